The van der Waals surface area contributed by atoms with Crippen molar-refractivity contribution in [2.75, 3.05) is 11.3 Å². The van der Waals surface area contributed by atoms with Gasteiger partial charge in [0, 0.05) is 5.56 Å². The first-order valence-electron chi connectivity index (χ1n) is 4.46. The Labute approximate surface area is 90.6 Å². The van der Waals surface area contributed by atoms with Crippen molar-refractivity contribution in [3.8, 4) is 0 Å². The van der Waals surface area contributed by atoms with E-state index in [4.69, 9.17) is 5.84 Å². The van der Waals surface area contributed by atoms with E-state index in [1.165, 1.54) is 23.3 Å². The molecule has 1 aromatic carbocycles. The molecule has 3 N–H and O–H groups in total. The molecule has 0 aliphatic rings. The summed E-state index contributed by atoms with van der Waals surface area (Å²) in [7, 11) is 0. The summed E-state index contributed by atoms with van der Waals surface area (Å²) in [5.74, 6) is 5.36. The maximum Gasteiger partial charge on any atom is 0.263 e. The third-order valence-electron chi connectivity index (χ3n) is 1.85. The molecule has 0 saturated carbocycles. The van der Waals surface area contributed by atoms with Crippen LogP contribution in [-0.4, -0.2) is 21.1 Å². The molecule has 1 aromatic heterocycles. The van der Waals surface area contributed by atoms with Crippen molar-refractivity contribution in [3.63, 3.8) is 0 Å². The minimum atomic E-state index is -0.345. The SMILES string of the molecule is Nn1cnnc1NN=Cc1ccccc1F. The number of nitrogens with one attached hydrogen (secondary N) is 1. The summed E-state index contributed by atoms with van der Waals surface area (Å²) in [5.41, 5.74) is 2.91. The lowest BCUT2D eigenvalue weighted by Crippen LogP contribution is -2.10. The Bertz CT molecular complexity index is 506. The molecule has 0 saturated heterocycles. The van der Waals surface area contributed by atoms with Crippen molar-refractivity contribution in [2.24, 2.45) is 5.10 Å². The van der Waals surface area contributed by atoms with Crippen molar-refractivity contribution >= 4 is 12.2 Å². The average Bonchev–Trinajstić information content (AvgIpc) is 2.67. The fourth-order valence-electron chi connectivity index (χ4n) is 1.06. The van der Waals surface area contributed by atoms with E-state index in [2.05, 4.69) is 20.7 Å². The van der Waals surface area contributed by atoms with Crippen molar-refractivity contribution in [2.45, 2.75) is 0 Å². The van der Waals surface area contributed by atoms with E-state index in [0.29, 0.717) is 5.56 Å². The summed E-state index contributed by atoms with van der Waals surface area (Å²) in [4.78, 5) is 0. The van der Waals surface area contributed by atoms with Crippen molar-refractivity contribution < 1.29 is 4.39 Å². The van der Waals surface area contributed by atoms with E-state index in [1.807, 2.05) is 0 Å². The first-order valence-corrected chi connectivity index (χ1v) is 4.46. The van der Waals surface area contributed by atoms with Gasteiger partial charge in [0.25, 0.3) is 5.95 Å². The molecule has 16 heavy (non-hydrogen) atoms. The molecule has 0 bridgehead atoms. The number of halogens is 1. The predicted molar refractivity (Wildman–Crippen MR) is 57.8 cm³/mol. The van der Waals surface area contributed by atoms with Gasteiger partial charge >= 0.3 is 0 Å². The number of hydrazone groups is 1. The largest absolute Gasteiger partial charge is 0.335 e. The lowest BCUT2D eigenvalue weighted by Gasteiger charge is -1.98. The smallest absolute Gasteiger partial charge is 0.263 e. The van der Waals surface area contributed by atoms with Crippen LogP contribution < -0.4 is 11.3 Å². The van der Waals surface area contributed by atoms with E-state index >= 15 is 0 Å². The van der Waals surface area contributed by atoms with Gasteiger partial charge in [-0.1, -0.05) is 18.2 Å². The maximum atomic E-state index is 13.2. The molecule has 0 radical (unpaired) electrons. The Morgan fingerprint density at radius 3 is 2.94 bits per heavy atom. The number of anilines is 1. The number of aromatic nitrogens is 3. The molecule has 0 aliphatic carbocycles. The van der Waals surface area contributed by atoms with Gasteiger partial charge in [-0.05, 0) is 6.07 Å². The highest BCUT2D eigenvalue weighted by atomic mass is 19.1. The molecule has 0 atom stereocenters. The third kappa shape index (κ3) is 2.14. The minimum Gasteiger partial charge on any atom is -0.335 e. The van der Waals surface area contributed by atoms with Crippen LogP contribution >= 0.6 is 0 Å². The Kier molecular flexibility index (Phi) is 2.77. The third-order valence-corrected chi connectivity index (χ3v) is 1.85. The van der Waals surface area contributed by atoms with Gasteiger partial charge in [0.1, 0.15) is 12.1 Å². The second-order valence-electron chi connectivity index (χ2n) is 2.95. The highest BCUT2D eigenvalue weighted by molar-refractivity contribution is 5.80. The van der Waals surface area contributed by atoms with Gasteiger partial charge < -0.3 is 5.84 Å². The van der Waals surface area contributed by atoms with E-state index in [1.54, 1.807) is 18.2 Å². The Hall–Kier alpha value is -2.44. The lowest BCUT2D eigenvalue weighted by atomic mass is 10.2. The van der Waals surface area contributed by atoms with Gasteiger partial charge in [-0.15, -0.1) is 10.2 Å². The molecule has 1 heterocycles. The summed E-state index contributed by atoms with van der Waals surface area (Å²) >= 11 is 0. The average molecular weight is 220 g/mol. The number of hydrogen-bond acceptors (Lipinski definition) is 5. The number of hydrogen-bond donors (Lipinski definition) is 2. The number of benzene rings is 1. The van der Waals surface area contributed by atoms with Crippen LogP contribution in [0.15, 0.2) is 35.7 Å². The van der Waals surface area contributed by atoms with Crippen molar-refractivity contribution in [1.82, 2.24) is 14.9 Å². The fourth-order valence-corrected chi connectivity index (χ4v) is 1.06. The zero-order valence-electron chi connectivity index (χ0n) is 8.21. The lowest BCUT2D eigenvalue weighted by molar-refractivity contribution is 0.626. The van der Waals surface area contributed by atoms with E-state index in [9.17, 15) is 4.39 Å². The van der Waals surface area contributed by atoms with Crippen LogP contribution in [0.4, 0.5) is 10.3 Å². The summed E-state index contributed by atoms with van der Waals surface area (Å²) in [6, 6.07) is 6.28. The van der Waals surface area contributed by atoms with Crippen LogP contribution in [-0.2, 0) is 0 Å². The zero-order chi connectivity index (χ0) is 11.4. The first-order chi connectivity index (χ1) is 7.77. The Morgan fingerprint density at radius 1 is 1.44 bits per heavy atom. The summed E-state index contributed by atoms with van der Waals surface area (Å²) < 4.78 is 14.3. The predicted octanol–water partition coefficient (Wildman–Crippen LogP) is 0.577. The van der Waals surface area contributed by atoms with Gasteiger partial charge in [0.05, 0.1) is 6.21 Å². The summed E-state index contributed by atoms with van der Waals surface area (Å²) in [6.45, 7) is 0. The molecule has 0 unspecified atom stereocenters. The quantitative estimate of drug-likeness (QED) is 0.450. The van der Waals surface area contributed by atoms with E-state index < -0.39 is 0 Å². The Morgan fingerprint density at radius 2 is 2.25 bits per heavy atom. The first kappa shape index (κ1) is 10.1. The molecule has 2 rings (SSSR count). The van der Waals surface area contributed by atoms with Gasteiger partial charge in [0.2, 0.25) is 0 Å². The minimum absolute atomic E-state index is 0.271. The molecule has 0 amide bonds. The fraction of sp³-hybridized carbons (Fsp3) is 0. The van der Waals surface area contributed by atoms with Gasteiger partial charge in [-0.3, -0.25) is 0 Å². The van der Waals surface area contributed by atoms with Crippen molar-refractivity contribution in [1.29, 1.82) is 0 Å². The molecule has 7 heteroatoms. The van der Waals surface area contributed by atoms with Crippen LogP contribution in [0.5, 0.6) is 0 Å². The normalized spacial score (nSPS) is 10.8. The van der Waals surface area contributed by atoms with E-state index in [0.717, 1.165) is 0 Å². The number of nitrogens with zero attached hydrogens (tertiary/aromatic N) is 4. The summed E-state index contributed by atoms with van der Waals surface area (Å²) in [6.07, 6.45) is 2.66. The van der Waals surface area contributed by atoms with Crippen LogP contribution in [0, 0.1) is 5.82 Å². The van der Waals surface area contributed by atoms with Crippen LogP contribution in [0.25, 0.3) is 0 Å². The monoisotopic (exact) mass is 220 g/mol. The molecule has 0 spiro atoms. The van der Waals surface area contributed by atoms with Crippen LogP contribution in [0.2, 0.25) is 0 Å². The van der Waals surface area contributed by atoms with Gasteiger partial charge in [0.15, 0.2) is 0 Å². The second-order valence-corrected chi connectivity index (χ2v) is 2.95. The molecule has 2 aromatic rings. The molecular formula is C9H9FN6. The number of nitrogen functional groups attached to an aromatic ring is 1. The number of nitrogens with two attached hydrogens (primary N) is 1. The van der Waals surface area contributed by atoms with Gasteiger partial charge in [-0.25, -0.2) is 14.5 Å². The van der Waals surface area contributed by atoms with E-state index in [-0.39, 0.29) is 11.8 Å². The van der Waals surface area contributed by atoms with Gasteiger partial charge in [-0.2, -0.15) is 5.10 Å². The number of rotatable bonds is 3. The molecular weight excluding hydrogens is 211 g/mol. The maximum absolute atomic E-state index is 13.2. The highest BCUT2D eigenvalue weighted by Gasteiger charge is 1.98. The Balaban J connectivity index is 2.06. The topological polar surface area (TPSA) is 81.1 Å². The second kappa shape index (κ2) is 4.39. The molecule has 82 valence electrons. The highest BCUT2D eigenvalue weighted by Crippen LogP contribution is 2.03. The molecule has 0 fully saturated rings. The standard InChI is InChI=1S/C9H9FN6/c10-8-4-2-1-3-7(8)5-12-14-9-15-13-6-16(9)11/h1-6H,11H2,(H,14,15). The van der Waals surface area contributed by atoms with Crippen molar-refractivity contribution in [3.05, 3.63) is 42.0 Å². The molecule has 0 aliphatic heterocycles. The summed E-state index contributed by atoms with van der Waals surface area (Å²) in [5, 5.41) is 11.0. The van der Waals surface area contributed by atoms with Crippen LogP contribution in [0.1, 0.15) is 5.56 Å². The zero-order valence-corrected chi connectivity index (χ0v) is 8.21. The molecule has 6 nitrogen and oxygen atoms in total. The van der Waals surface area contributed by atoms with Crippen LogP contribution in [0.3, 0.4) is 0 Å².